The second-order valence-electron chi connectivity index (χ2n) is 3.69. The average Bonchev–Trinajstić information content (AvgIpc) is 2.56. The Hall–Kier alpha value is -1.10. The summed E-state index contributed by atoms with van der Waals surface area (Å²) < 4.78 is 98.9. The van der Waals surface area contributed by atoms with Crippen molar-refractivity contribution in [1.29, 1.82) is 0 Å². The van der Waals surface area contributed by atoms with Gasteiger partial charge in [0.25, 0.3) is 0 Å². The molecular weight excluding hydrogens is 242 g/mol. The molecule has 108 valence electrons. The van der Waals surface area contributed by atoms with Gasteiger partial charge in [0.05, 0.1) is 13.4 Å². The fourth-order valence-electron chi connectivity index (χ4n) is 1.16. The highest BCUT2D eigenvalue weighted by Gasteiger charge is 2.05. The van der Waals surface area contributed by atoms with Crippen molar-refractivity contribution in [3.8, 4) is 5.75 Å². The summed E-state index contributed by atoms with van der Waals surface area (Å²) in [5.41, 5.74) is -0.238. The monoisotopic (exact) mass is 279 g/mol. The Balaban J connectivity index is 2.82. The average molecular weight is 279 g/mol. The molecule has 0 spiro atoms. The molecule has 0 aliphatic carbocycles. The van der Waals surface area contributed by atoms with Crippen LogP contribution in [0.3, 0.4) is 0 Å². The zero-order valence-electron chi connectivity index (χ0n) is 22.4. The maximum Gasteiger partial charge on any atom is 0.119 e. The summed E-state index contributed by atoms with van der Waals surface area (Å²) in [6.07, 6.45) is -4.57. The van der Waals surface area contributed by atoms with Gasteiger partial charge >= 0.3 is 0 Å². The van der Waals surface area contributed by atoms with E-state index in [0.717, 1.165) is 12.1 Å². The lowest BCUT2D eigenvalue weighted by Gasteiger charge is -2.15. The van der Waals surface area contributed by atoms with E-state index >= 15 is 0 Å². The summed E-state index contributed by atoms with van der Waals surface area (Å²) in [5.74, 6) is 0.0792. The van der Waals surface area contributed by atoms with E-state index < -0.39 is 52.1 Å². The van der Waals surface area contributed by atoms with Gasteiger partial charge in [-0.2, -0.15) is 0 Å². The fourth-order valence-corrected chi connectivity index (χ4v) is 1.16. The van der Waals surface area contributed by atoms with Crippen LogP contribution in [-0.4, -0.2) is 44.0 Å². The predicted molar refractivity (Wildman–Crippen MR) is 76.7 cm³/mol. The van der Waals surface area contributed by atoms with E-state index in [4.69, 9.17) is 21.2 Å². The van der Waals surface area contributed by atoms with Gasteiger partial charge in [-0.25, -0.2) is 0 Å². The van der Waals surface area contributed by atoms with Crippen molar-refractivity contribution in [2.24, 2.45) is 0 Å². The topological polar surface area (TPSA) is 50.7 Å². The number of nitrogens with one attached hydrogen (secondary N) is 1. The van der Waals surface area contributed by atoms with E-state index in [2.05, 4.69) is 10.1 Å². The highest BCUT2D eigenvalue weighted by molar-refractivity contribution is 5.27. The van der Waals surface area contributed by atoms with Crippen LogP contribution in [0.4, 0.5) is 0 Å². The van der Waals surface area contributed by atoms with Crippen LogP contribution >= 0.6 is 0 Å². The molecule has 2 atom stereocenters. The number of aliphatic hydroxyl groups excluding tert-OH is 1. The third kappa shape index (κ3) is 7.15. The molecule has 1 aromatic rings. The highest BCUT2D eigenvalue weighted by Crippen LogP contribution is 2.12. The normalized spacial score (nSPS) is 27.1. The zero-order valence-corrected chi connectivity index (χ0v) is 10.4. The molecular formula is C15H25NO3. The third-order valence-electron chi connectivity index (χ3n) is 1.98. The number of aliphatic hydroxyl groups is 1. The summed E-state index contributed by atoms with van der Waals surface area (Å²) in [7, 11) is -3.15. The van der Waals surface area contributed by atoms with Crippen molar-refractivity contribution in [2.45, 2.75) is 32.3 Å². The van der Waals surface area contributed by atoms with Gasteiger partial charge in [-0.05, 0) is 24.1 Å². The van der Waals surface area contributed by atoms with Crippen molar-refractivity contribution >= 4 is 0 Å². The quantitative estimate of drug-likeness (QED) is 0.721. The molecule has 1 rings (SSSR count). The van der Waals surface area contributed by atoms with E-state index in [1.807, 2.05) is 0 Å². The van der Waals surface area contributed by atoms with Crippen molar-refractivity contribution < 1.29 is 31.0 Å². The molecule has 19 heavy (non-hydrogen) atoms. The van der Waals surface area contributed by atoms with Crippen molar-refractivity contribution in [2.75, 3.05) is 26.7 Å². The zero-order chi connectivity index (χ0) is 24.5. The molecule has 1 aromatic carbocycles. The maximum atomic E-state index is 10.0. The van der Waals surface area contributed by atoms with Gasteiger partial charge in [0.2, 0.25) is 0 Å². The van der Waals surface area contributed by atoms with E-state index in [1.54, 1.807) is 0 Å². The van der Waals surface area contributed by atoms with E-state index in [0.29, 0.717) is 0 Å². The molecule has 4 nitrogen and oxygen atoms in total. The molecule has 2 N–H and O–H groups in total. The molecule has 0 fully saturated rings. The van der Waals surface area contributed by atoms with Crippen LogP contribution in [0, 0.1) is 0 Å². The van der Waals surface area contributed by atoms with Gasteiger partial charge in [0, 0.05) is 29.2 Å². The van der Waals surface area contributed by atoms with Gasteiger partial charge in [0.15, 0.2) is 0 Å². The summed E-state index contributed by atoms with van der Waals surface area (Å²) in [5, 5.41) is 12.2. The Kier molecular flexibility index (Phi) is 2.68. The van der Waals surface area contributed by atoms with Crippen LogP contribution in [0.15, 0.2) is 24.3 Å². The van der Waals surface area contributed by atoms with E-state index in [1.165, 1.54) is 19.1 Å². The fraction of sp³-hybridized carbons (Fsp3) is 0.600. The Labute approximate surface area is 132 Å². The molecule has 0 radical (unpaired) electrons. The molecule has 0 amide bonds. The largest absolute Gasteiger partial charge is 0.491 e. The second-order valence-corrected chi connectivity index (χ2v) is 3.69. The first kappa shape index (κ1) is 5.72. The minimum atomic E-state index is -3.17. The number of benzene rings is 1. The second kappa shape index (κ2) is 8.91. The van der Waals surface area contributed by atoms with Crippen molar-refractivity contribution in [3.05, 3.63) is 29.8 Å². The molecule has 0 aliphatic rings. The molecule has 0 heterocycles. The number of methoxy groups -OCH3 is 1. The lowest BCUT2D eigenvalue weighted by atomic mass is 10.1. The minimum Gasteiger partial charge on any atom is -0.491 e. The molecule has 0 aliphatic heterocycles. The molecule has 0 bridgehead atoms. The summed E-state index contributed by atoms with van der Waals surface area (Å²) in [4.78, 5) is 0. The molecule has 0 aromatic heterocycles. The minimum absolute atomic E-state index is 0.0792. The van der Waals surface area contributed by atoms with Crippen LogP contribution < -0.4 is 10.1 Å². The van der Waals surface area contributed by atoms with Crippen LogP contribution in [0.5, 0.6) is 5.75 Å². The first-order valence-electron chi connectivity index (χ1n) is 11.6. The van der Waals surface area contributed by atoms with Crippen molar-refractivity contribution in [3.63, 3.8) is 0 Å². The lowest BCUT2D eigenvalue weighted by molar-refractivity contribution is 0.104. The number of rotatable bonds is 9. The van der Waals surface area contributed by atoms with Gasteiger partial charge in [-0.1, -0.05) is 25.9 Å². The predicted octanol–water partition coefficient (Wildman–Crippen LogP) is 1.61. The van der Waals surface area contributed by atoms with Gasteiger partial charge in [-0.15, -0.1) is 0 Å². The summed E-state index contributed by atoms with van der Waals surface area (Å²) in [6.45, 7) is -7.44. The number of ether oxygens (including phenoxy) is 2. The van der Waals surface area contributed by atoms with Crippen LogP contribution in [0.1, 0.15) is 35.8 Å². The van der Waals surface area contributed by atoms with E-state index in [-0.39, 0.29) is 11.3 Å². The molecule has 2 unspecified atom stereocenters. The lowest BCUT2D eigenvalue weighted by Crippen LogP contribution is -2.35. The highest BCUT2D eigenvalue weighted by atomic mass is 16.5. The van der Waals surface area contributed by atoms with E-state index in [9.17, 15) is 5.11 Å². The SMILES string of the molecule is [2H]C([2H])([2H])OC([2H])([2H])C([2H])([2H])c1ccc(OCC(O)C([2H])([2H])NC(C)C([2H])([2H])[2H])cc1. The molecule has 0 saturated carbocycles. The molecule has 4 heteroatoms. The Morgan fingerprint density at radius 1 is 1.42 bits per heavy atom. The van der Waals surface area contributed by atoms with Crippen molar-refractivity contribution in [1.82, 2.24) is 5.32 Å². The van der Waals surface area contributed by atoms with Crippen LogP contribution in [-0.2, 0) is 11.1 Å². The molecule has 0 saturated heterocycles. The number of hydrogen-bond acceptors (Lipinski definition) is 4. The summed E-state index contributed by atoms with van der Waals surface area (Å²) >= 11 is 0. The standard InChI is InChI=1S/C15H25NO3/c1-12(2)16-10-14(17)11-19-15-6-4-13(5-7-15)8-9-18-3/h4-7,12,14,16-17H,8-11H2,1-3H3/i1D3,3D3,8D2,9D2,10D2. The van der Waals surface area contributed by atoms with Gasteiger partial charge in [0.1, 0.15) is 18.5 Å². The smallest absolute Gasteiger partial charge is 0.119 e. The van der Waals surface area contributed by atoms with Gasteiger partial charge in [-0.3, -0.25) is 0 Å². The Bertz CT molecular complexity index is 717. The van der Waals surface area contributed by atoms with Crippen LogP contribution in [0.2, 0.25) is 0 Å². The first-order chi connectivity index (χ1) is 13.7. The van der Waals surface area contributed by atoms with Gasteiger partial charge < -0.3 is 19.9 Å². The first-order valence-corrected chi connectivity index (χ1v) is 5.58. The third-order valence-corrected chi connectivity index (χ3v) is 1.98. The van der Waals surface area contributed by atoms with Crippen LogP contribution in [0.25, 0.3) is 0 Å². The number of hydrogen-bond donors (Lipinski definition) is 2. The Morgan fingerprint density at radius 2 is 2.21 bits per heavy atom. The maximum absolute atomic E-state index is 10.0. The number of aryl methyl sites for hydroxylation is 1. The Morgan fingerprint density at radius 3 is 2.89 bits per heavy atom. The summed E-state index contributed by atoms with van der Waals surface area (Å²) in [6, 6.07) is 3.47.